The van der Waals surface area contributed by atoms with Gasteiger partial charge < -0.3 is 9.67 Å². The van der Waals surface area contributed by atoms with Crippen LogP contribution in [0.15, 0.2) is 18.2 Å². The number of benzene rings is 1. The molecule has 110 valence electrons. The molecule has 2 heterocycles. The quantitative estimate of drug-likeness (QED) is 0.937. The van der Waals surface area contributed by atoms with Gasteiger partial charge in [0.1, 0.15) is 11.6 Å². The number of halogens is 2. The summed E-state index contributed by atoms with van der Waals surface area (Å²) in [4.78, 5) is 11.1. The Morgan fingerprint density at radius 2 is 2.19 bits per heavy atom. The molecule has 0 saturated heterocycles. The maximum atomic E-state index is 13.7. The Morgan fingerprint density at radius 1 is 1.38 bits per heavy atom. The number of aromatic nitrogens is 3. The molecule has 0 radical (unpaired) electrons. The molecule has 1 aliphatic heterocycles. The number of carbonyl (C=O) groups is 1. The van der Waals surface area contributed by atoms with Gasteiger partial charge in [-0.15, -0.1) is 10.2 Å². The fourth-order valence-corrected chi connectivity index (χ4v) is 2.57. The van der Waals surface area contributed by atoms with E-state index in [0.717, 1.165) is 6.07 Å². The topological polar surface area (TPSA) is 68.0 Å². The van der Waals surface area contributed by atoms with E-state index >= 15 is 0 Å². The van der Waals surface area contributed by atoms with E-state index in [1.807, 2.05) is 0 Å². The fourth-order valence-electron chi connectivity index (χ4n) is 2.57. The molecule has 0 amide bonds. The third-order valence-corrected chi connectivity index (χ3v) is 3.75. The summed E-state index contributed by atoms with van der Waals surface area (Å²) in [5.74, 6) is -2.02. The average molecular weight is 293 g/mol. The van der Waals surface area contributed by atoms with E-state index in [1.54, 1.807) is 4.57 Å². The van der Waals surface area contributed by atoms with Crippen LogP contribution in [-0.4, -0.2) is 25.8 Å². The van der Waals surface area contributed by atoms with Gasteiger partial charge in [0.2, 0.25) is 0 Å². The van der Waals surface area contributed by atoms with Gasteiger partial charge in [-0.1, -0.05) is 12.1 Å². The van der Waals surface area contributed by atoms with E-state index in [1.165, 1.54) is 12.1 Å². The lowest BCUT2D eigenvalue weighted by molar-refractivity contribution is -0.142. The Bertz CT molecular complexity index is 700. The Labute approximate surface area is 119 Å². The van der Waals surface area contributed by atoms with Gasteiger partial charge in [0, 0.05) is 19.4 Å². The van der Waals surface area contributed by atoms with E-state index in [0.29, 0.717) is 24.5 Å². The second kappa shape index (κ2) is 5.23. The predicted octanol–water partition coefficient (Wildman–Crippen LogP) is 1.79. The molecule has 0 fully saturated rings. The molecule has 1 aliphatic rings. The minimum absolute atomic E-state index is 0.0862. The zero-order chi connectivity index (χ0) is 15.0. The first kappa shape index (κ1) is 13.7. The Hall–Kier alpha value is -2.31. The number of aryl methyl sites for hydroxylation is 1. The van der Waals surface area contributed by atoms with Crippen LogP contribution in [0.25, 0.3) is 0 Å². The largest absolute Gasteiger partial charge is 0.481 e. The number of hydrogen-bond acceptors (Lipinski definition) is 3. The van der Waals surface area contributed by atoms with E-state index < -0.39 is 23.5 Å². The number of nitrogens with zero attached hydrogens (tertiary/aromatic N) is 3. The second-order valence-corrected chi connectivity index (χ2v) is 5.11. The molecule has 7 heteroatoms. The summed E-state index contributed by atoms with van der Waals surface area (Å²) in [7, 11) is 0. The Balaban J connectivity index is 1.90. The van der Waals surface area contributed by atoms with Crippen molar-refractivity contribution in [1.82, 2.24) is 14.8 Å². The molecule has 1 N–H and O–H groups in total. The van der Waals surface area contributed by atoms with Crippen molar-refractivity contribution in [3.8, 4) is 0 Å². The fraction of sp³-hybridized carbons (Fsp3) is 0.357. The molecule has 5 nitrogen and oxygen atoms in total. The Morgan fingerprint density at radius 3 is 2.95 bits per heavy atom. The van der Waals surface area contributed by atoms with Crippen LogP contribution in [0.2, 0.25) is 0 Å². The molecule has 0 spiro atoms. The number of carboxylic acids is 1. The molecular formula is C14H13F2N3O2. The van der Waals surface area contributed by atoms with Crippen molar-refractivity contribution in [3.05, 3.63) is 47.0 Å². The molecule has 0 aliphatic carbocycles. The monoisotopic (exact) mass is 293 g/mol. The predicted molar refractivity (Wildman–Crippen MR) is 68.6 cm³/mol. The zero-order valence-corrected chi connectivity index (χ0v) is 11.1. The van der Waals surface area contributed by atoms with E-state index in [-0.39, 0.29) is 18.5 Å². The molecule has 3 rings (SSSR count). The molecule has 1 atom stereocenters. The van der Waals surface area contributed by atoms with Crippen molar-refractivity contribution in [1.29, 1.82) is 0 Å². The lowest BCUT2D eigenvalue weighted by Crippen LogP contribution is -2.27. The van der Waals surface area contributed by atoms with Gasteiger partial charge in [0.25, 0.3) is 0 Å². The normalized spacial score (nSPS) is 17.5. The first-order valence-electron chi connectivity index (χ1n) is 6.63. The molecule has 0 bridgehead atoms. The highest BCUT2D eigenvalue weighted by atomic mass is 19.2. The Kier molecular flexibility index (Phi) is 3.40. The van der Waals surface area contributed by atoms with Crippen LogP contribution in [-0.2, 0) is 24.2 Å². The maximum Gasteiger partial charge on any atom is 0.308 e. The van der Waals surface area contributed by atoms with Gasteiger partial charge in [0.15, 0.2) is 11.6 Å². The van der Waals surface area contributed by atoms with Crippen LogP contribution < -0.4 is 0 Å². The van der Waals surface area contributed by atoms with Gasteiger partial charge in [-0.2, -0.15) is 0 Å². The second-order valence-electron chi connectivity index (χ2n) is 5.11. The van der Waals surface area contributed by atoms with Crippen LogP contribution >= 0.6 is 0 Å². The summed E-state index contributed by atoms with van der Waals surface area (Å²) in [6.45, 7) is 0.268. The minimum Gasteiger partial charge on any atom is -0.481 e. The lowest BCUT2D eigenvalue weighted by Gasteiger charge is -2.21. The highest BCUT2D eigenvalue weighted by molar-refractivity contribution is 5.70. The SMILES string of the molecule is O=C(O)C1CCc2nnc(Cc3cccc(F)c3F)n2C1. The van der Waals surface area contributed by atoms with Crippen molar-refractivity contribution in [2.24, 2.45) is 5.92 Å². The van der Waals surface area contributed by atoms with Crippen molar-refractivity contribution < 1.29 is 18.7 Å². The van der Waals surface area contributed by atoms with Crippen LogP contribution in [0.4, 0.5) is 8.78 Å². The zero-order valence-electron chi connectivity index (χ0n) is 11.1. The third kappa shape index (κ3) is 2.51. The van der Waals surface area contributed by atoms with Gasteiger partial charge >= 0.3 is 5.97 Å². The number of aliphatic carboxylic acids is 1. The number of rotatable bonds is 3. The van der Waals surface area contributed by atoms with Gasteiger partial charge in [-0.3, -0.25) is 4.79 Å². The lowest BCUT2D eigenvalue weighted by atomic mass is 9.99. The minimum atomic E-state index is -0.908. The number of carboxylic acid groups (broad SMARTS) is 1. The highest BCUT2D eigenvalue weighted by Crippen LogP contribution is 2.22. The molecular weight excluding hydrogens is 280 g/mol. The van der Waals surface area contributed by atoms with Gasteiger partial charge in [-0.05, 0) is 18.1 Å². The molecule has 1 aromatic carbocycles. The summed E-state index contributed by atoms with van der Waals surface area (Å²) >= 11 is 0. The van der Waals surface area contributed by atoms with Gasteiger partial charge in [0.05, 0.1) is 5.92 Å². The average Bonchev–Trinajstić information content (AvgIpc) is 2.86. The summed E-state index contributed by atoms with van der Waals surface area (Å²) < 4.78 is 28.6. The van der Waals surface area contributed by atoms with Crippen LogP contribution in [0.5, 0.6) is 0 Å². The van der Waals surface area contributed by atoms with Crippen molar-refractivity contribution in [2.45, 2.75) is 25.8 Å². The third-order valence-electron chi connectivity index (χ3n) is 3.75. The number of fused-ring (bicyclic) bond motifs is 1. The standard InChI is InChI=1S/C14H13F2N3O2/c15-10-3-1-2-8(13(10)16)6-12-18-17-11-5-4-9(14(20)21)7-19(11)12/h1-3,9H,4-7H2,(H,20,21). The van der Waals surface area contributed by atoms with Gasteiger partial charge in [-0.25, -0.2) is 8.78 Å². The van der Waals surface area contributed by atoms with Crippen LogP contribution in [0, 0.1) is 17.6 Å². The molecule has 2 aromatic rings. The van der Waals surface area contributed by atoms with Crippen molar-refractivity contribution in [2.75, 3.05) is 0 Å². The molecule has 1 unspecified atom stereocenters. The first-order valence-corrected chi connectivity index (χ1v) is 6.63. The van der Waals surface area contributed by atoms with Crippen LogP contribution in [0.1, 0.15) is 23.6 Å². The molecule has 21 heavy (non-hydrogen) atoms. The maximum absolute atomic E-state index is 13.7. The first-order chi connectivity index (χ1) is 10.1. The van der Waals surface area contributed by atoms with E-state index in [9.17, 15) is 13.6 Å². The summed E-state index contributed by atoms with van der Waals surface area (Å²) in [6, 6.07) is 3.97. The summed E-state index contributed by atoms with van der Waals surface area (Å²) in [5.41, 5.74) is 0.183. The van der Waals surface area contributed by atoms with Crippen LogP contribution in [0.3, 0.4) is 0 Å². The molecule has 1 aromatic heterocycles. The highest BCUT2D eigenvalue weighted by Gasteiger charge is 2.27. The molecule has 0 saturated carbocycles. The summed E-state index contributed by atoms with van der Waals surface area (Å²) in [5, 5.41) is 17.1. The summed E-state index contributed by atoms with van der Waals surface area (Å²) in [6.07, 6.45) is 1.13. The van der Waals surface area contributed by atoms with E-state index in [2.05, 4.69) is 10.2 Å². The number of hydrogen-bond donors (Lipinski definition) is 1. The smallest absolute Gasteiger partial charge is 0.308 e. The van der Waals surface area contributed by atoms with Crippen molar-refractivity contribution in [3.63, 3.8) is 0 Å². The van der Waals surface area contributed by atoms with E-state index in [4.69, 9.17) is 5.11 Å². The van der Waals surface area contributed by atoms with Crippen molar-refractivity contribution >= 4 is 5.97 Å².